The minimum Gasteiger partial charge on any atom is -0.348 e. The SMILES string of the molecule is O=C(NC1CCNCC1)c1n[nH]c2ccc(-c3cccc(F)c3F)cc12. The normalized spacial score (nSPS) is 15.3. The van der Waals surface area contributed by atoms with Crippen molar-refractivity contribution in [2.75, 3.05) is 13.1 Å². The predicted octanol–water partition coefficient (Wildman–Crippen LogP) is 2.99. The van der Waals surface area contributed by atoms with E-state index in [1.165, 1.54) is 12.1 Å². The highest BCUT2D eigenvalue weighted by molar-refractivity contribution is 6.05. The van der Waals surface area contributed by atoms with E-state index >= 15 is 0 Å². The van der Waals surface area contributed by atoms with Crippen LogP contribution in [0.3, 0.4) is 0 Å². The van der Waals surface area contributed by atoms with Crippen LogP contribution in [0.5, 0.6) is 0 Å². The summed E-state index contributed by atoms with van der Waals surface area (Å²) in [4.78, 5) is 12.6. The minimum absolute atomic E-state index is 0.111. The van der Waals surface area contributed by atoms with E-state index in [0.29, 0.717) is 16.5 Å². The first-order chi connectivity index (χ1) is 12.6. The van der Waals surface area contributed by atoms with E-state index in [1.807, 2.05) is 0 Å². The molecule has 0 spiro atoms. The largest absolute Gasteiger partial charge is 0.348 e. The third kappa shape index (κ3) is 3.06. The summed E-state index contributed by atoms with van der Waals surface area (Å²) in [6.45, 7) is 1.74. The van der Waals surface area contributed by atoms with E-state index in [1.54, 1.807) is 18.2 Å². The van der Waals surface area contributed by atoms with Gasteiger partial charge < -0.3 is 10.6 Å². The fraction of sp³-hybridized carbons (Fsp3) is 0.263. The summed E-state index contributed by atoms with van der Waals surface area (Å²) in [6, 6.07) is 9.20. The van der Waals surface area contributed by atoms with Crippen molar-refractivity contribution in [1.82, 2.24) is 20.8 Å². The maximum atomic E-state index is 14.1. The molecule has 3 N–H and O–H groups in total. The van der Waals surface area contributed by atoms with Crippen LogP contribution in [0.25, 0.3) is 22.0 Å². The second-order valence-electron chi connectivity index (χ2n) is 6.43. The van der Waals surface area contributed by atoms with Gasteiger partial charge in [-0.3, -0.25) is 9.89 Å². The van der Waals surface area contributed by atoms with Gasteiger partial charge >= 0.3 is 0 Å². The molecule has 1 saturated heterocycles. The van der Waals surface area contributed by atoms with E-state index < -0.39 is 11.6 Å². The van der Waals surface area contributed by atoms with Gasteiger partial charge in [0.05, 0.1) is 5.52 Å². The van der Waals surface area contributed by atoms with Gasteiger partial charge in [-0.15, -0.1) is 0 Å². The third-order valence-electron chi connectivity index (χ3n) is 4.71. The van der Waals surface area contributed by atoms with Gasteiger partial charge in [-0.05, 0) is 49.7 Å². The molecular formula is C19H18F2N4O. The first-order valence-corrected chi connectivity index (χ1v) is 8.57. The van der Waals surface area contributed by atoms with Crippen molar-refractivity contribution in [3.8, 4) is 11.1 Å². The van der Waals surface area contributed by atoms with Crippen LogP contribution in [0.2, 0.25) is 0 Å². The van der Waals surface area contributed by atoms with Gasteiger partial charge in [0.25, 0.3) is 5.91 Å². The quantitative estimate of drug-likeness (QED) is 0.676. The lowest BCUT2D eigenvalue weighted by atomic mass is 10.0. The molecule has 0 unspecified atom stereocenters. The number of halogens is 2. The van der Waals surface area contributed by atoms with E-state index in [0.717, 1.165) is 32.0 Å². The van der Waals surface area contributed by atoms with Crippen LogP contribution in [-0.4, -0.2) is 35.2 Å². The van der Waals surface area contributed by atoms with Gasteiger partial charge in [0, 0.05) is 17.0 Å². The first-order valence-electron chi connectivity index (χ1n) is 8.57. The Morgan fingerprint density at radius 2 is 1.96 bits per heavy atom. The number of H-pyrrole nitrogens is 1. The summed E-state index contributed by atoms with van der Waals surface area (Å²) >= 11 is 0. The Morgan fingerprint density at radius 3 is 2.77 bits per heavy atom. The van der Waals surface area contributed by atoms with Crippen LogP contribution < -0.4 is 10.6 Å². The number of nitrogens with zero attached hydrogens (tertiary/aromatic N) is 1. The van der Waals surface area contributed by atoms with Crippen molar-refractivity contribution < 1.29 is 13.6 Å². The Balaban J connectivity index is 1.68. The van der Waals surface area contributed by atoms with Crippen molar-refractivity contribution >= 4 is 16.8 Å². The molecule has 0 aliphatic carbocycles. The van der Waals surface area contributed by atoms with E-state index in [-0.39, 0.29) is 23.2 Å². The Kier molecular flexibility index (Phi) is 4.38. The summed E-state index contributed by atoms with van der Waals surface area (Å²) < 4.78 is 27.6. The Morgan fingerprint density at radius 1 is 1.15 bits per heavy atom. The molecule has 0 atom stereocenters. The number of fused-ring (bicyclic) bond motifs is 1. The smallest absolute Gasteiger partial charge is 0.272 e. The highest BCUT2D eigenvalue weighted by Crippen LogP contribution is 2.28. The molecule has 2 heterocycles. The zero-order chi connectivity index (χ0) is 18.1. The lowest BCUT2D eigenvalue weighted by molar-refractivity contribution is 0.0926. The average Bonchev–Trinajstić information content (AvgIpc) is 3.08. The van der Waals surface area contributed by atoms with Gasteiger partial charge in [0.15, 0.2) is 17.3 Å². The number of aromatic amines is 1. The highest BCUT2D eigenvalue weighted by atomic mass is 19.2. The zero-order valence-electron chi connectivity index (χ0n) is 14.0. The first kappa shape index (κ1) is 16.7. The number of benzene rings is 2. The second kappa shape index (κ2) is 6.84. The summed E-state index contributed by atoms with van der Waals surface area (Å²) in [5.74, 6) is -2.07. The van der Waals surface area contributed by atoms with Crippen LogP contribution in [0, 0.1) is 11.6 Å². The van der Waals surface area contributed by atoms with Gasteiger partial charge in [0.2, 0.25) is 0 Å². The molecule has 2 aromatic carbocycles. The molecular weight excluding hydrogens is 338 g/mol. The molecule has 0 radical (unpaired) electrons. The number of amides is 1. The third-order valence-corrected chi connectivity index (χ3v) is 4.71. The monoisotopic (exact) mass is 356 g/mol. The Hall–Kier alpha value is -2.80. The number of hydrogen-bond acceptors (Lipinski definition) is 3. The molecule has 0 bridgehead atoms. The maximum absolute atomic E-state index is 14.1. The molecule has 1 fully saturated rings. The van der Waals surface area contributed by atoms with Gasteiger partial charge in [0.1, 0.15) is 0 Å². The fourth-order valence-corrected chi connectivity index (χ4v) is 3.30. The molecule has 1 aromatic heterocycles. The summed E-state index contributed by atoms with van der Waals surface area (Å²) in [5, 5.41) is 13.8. The summed E-state index contributed by atoms with van der Waals surface area (Å²) in [6.07, 6.45) is 1.74. The molecule has 0 saturated carbocycles. The fourth-order valence-electron chi connectivity index (χ4n) is 3.30. The number of carbonyl (C=O) groups excluding carboxylic acids is 1. The average molecular weight is 356 g/mol. The number of nitrogens with one attached hydrogen (secondary N) is 3. The molecule has 1 aliphatic heterocycles. The standard InChI is InChI=1S/C19H18F2N4O/c20-15-3-1-2-13(17(15)21)11-4-5-16-14(10-11)18(25-24-16)19(26)23-12-6-8-22-9-7-12/h1-5,10,12,22H,6-9H2,(H,23,26)(H,24,25). The van der Waals surface area contributed by atoms with Gasteiger partial charge in [-0.1, -0.05) is 18.2 Å². The van der Waals surface area contributed by atoms with E-state index in [9.17, 15) is 13.6 Å². The van der Waals surface area contributed by atoms with Gasteiger partial charge in [-0.2, -0.15) is 5.10 Å². The Labute approximate surface area is 148 Å². The molecule has 7 heteroatoms. The van der Waals surface area contributed by atoms with Crippen molar-refractivity contribution in [1.29, 1.82) is 0 Å². The van der Waals surface area contributed by atoms with Crippen molar-refractivity contribution in [3.05, 3.63) is 53.7 Å². The van der Waals surface area contributed by atoms with E-state index in [4.69, 9.17) is 0 Å². The number of hydrogen-bond donors (Lipinski definition) is 3. The van der Waals surface area contributed by atoms with Crippen LogP contribution in [-0.2, 0) is 0 Å². The number of rotatable bonds is 3. The number of piperidine rings is 1. The molecule has 4 rings (SSSR count). The Bertz CT molecular complexity index is 963. The molecule has 134 valence electrons. The minimum atomic E-state index is -0.906. The molecule has 5 nitrogen and oxygen atoms in total. The molecule has 3 aromatic rings. The molecule has 26 heavy (non-hydrogen) atoms. The van der Waals surface area contributed by atoms with Crippen LogP contribution in [0.15, 0.2) is 36.4 Å². The van der Waals surface area contributed by atoms with Gasteiger partial charge in [-0.25, -0.2) is 8.78 Å². The lowest BCUT2D eigenvalue weighted by Gasteiger charge is -2.23. The van der Waals surface area contributed by atoms with Crippen LogP contribution in [0.4, 0.5) is 8.78 Å². The van der Waals surface area contributed by atoms with E-state index in [2.05, 4.69) is 20.8 Å². The zero-order valence-corrected chi connectivity index (χ0v) is 14.0. The molecule has 1 aliphatic rings. The highest BCUT2D eigenvalue weighted by Gasteiger charge is 2.20. The summed E-state index contributed by atoms with van der Waals surface area (Å²) in [7, 11) is 0. The van der Waals surface area contributed by atoms with Crippen molar-refractivity contribution in [2.24, 2.45) is 0 Å². The van der Waals surface area contributed by atoms with Crippen molar-refractivity contribution in [3.63, 3.8) is 0 Å². The van der Waals surface area contributed by atoms with Crippen molar-refractivity contribution in [2.45, 2.75) is 18.9 Å². The number of carbonyl (C=O) groups is 1. The topological polar surface area (TPSA) is 69.8 Å². The van der Waals surface area contributed by atoms with Crippen LogP contribution >= 0.6 is 0 Å². The predicted molar refractivity (Wildman–Crippen MR) is 94.8 cm³/mol. The maximum Gasteiger partial charge on any atom is 0.272 e. The second-order valence-corrected chi connectivity index (χ2v) is 6.43. The molecule has 1 amide bonds. The summed E-state index contributed by atoms with van der Waals surface area (Å²) in [5.41, 5.74) is 1.57. The van der Waals surface area contributed by atoms with Crippen LogP contribution in [0.1, 0.15) is 23.3 Å². The number of aromatic nitrogens is 2. The lowest BCUT2D eigenvalue weighted by Crippen LogP contribution is -2.42.